The molecule has 0 unspecified atom stereocenters. The van der Waals surface area contributed by atoms with Crippen molar-refractivity contribution in [2.45, 2.75) is 26.3 Å². The van der Waals surface area contributed by atoms with Crippen LogP contribution in [-0.2, 0) is 17.7 Å². The van der Waals surface area contributed by atoms with Crippen molar-refractivity contribution in [1.29, 1.82) is 0 Å². The summed E-state index contributed by atoms with van der Waals surface area (Å²) in [6.45, 7) is 8.92. The Kier molecular flexibility index (Phi) is 8.55. The minimum absolute atomic E-state index is 0.620. The Morgan fingerprint density at radius 3 is 2.71 bits per heavy atom. The van der Waals surface area contributed by atoms with Gasteiger partial charge in [-0.3, -0.25) is 0 Å². The molecule has 118 valence electrons. The van der Waals surface area contributed by atoms with Crippen LogP contribution in [0.3, 0.4) is 0 Å². The summed E-state index contributed by atoms with van der Waals surface area (Å²) in [5.41, 5.74) is 2.30. The molecular formula is C17H27NO3. The minimum atomic E-state index is 0.620. The third-order valence-corrected chi connectivity index (χ3v) is 3.10. The molecule has 1 rings (SSSR count). The Bertz CT molecular complexity index is 432. The first-order chi connectivity index (χ1) is 10.3. The van der Waals surface area contributed by atoms with Crippen LogP contribution in [0.1, 0.15) is 24.5 Å². The molecule has 1 N–H and O–H groups in total. The molecule has 0 spiro atoms. The number of hydrogen-bond donors (Lipinski definition) is 1. The maximum absolute atomic E-state index is 5.71. The van der Waals surface area contributed by atoms with Crippen LogP contribution in [0.5, 0.6) is 11.5 Å². The second-order valence-electron chi connectivity index (χ2n) is 4.74. The largest absolute Gasteiger partial charge is 0.493 e. The monoisotopic (exact) mass is 293 g/mol. The van der Waals surface area contributed by atoms with E-state index in [9.17, 15) is 0 Å². The van der Waals surface area contributed by atoms with Gasteiger partial charge in [0, 0.05) is 25.8 Å². The fourth-order valence-corrected chi connectivity index (χ4v) is 2.17. The number of methoxy groups -OCH3 is 2. The number of ether oxygens (including phenoxy) is 3. The molecule has 0 atom stereocenters. The molecule has 1 aromatic rings. The van der Waals surface area contributed by atoms with Crippen molar-refractivity contribution in [3.63, 3.8) is 0 Å². The van der Waals surface area contributed by atoms with Gasteiger partial charge in [-0.1, -0.05) is 12.1 Å². The van der Waals surface area contributed by atoms with Crippen LogP contribution in [0.4, 0.5) is 0 Å². The summed E-state index contributed by atoms with van der Waals surface area (Å²) < 4.78 is 16.2. The zero-order valence-electron chi connectivity index (χ0n) is 13.4. The summed E-state index contributed by atoms with van der Waals surface area (Å²) in [6.07, 6.45) is 3.65. The summed E-state index contributed by atoms with van der Waals surface area (Å²) in [5.74, 6) is 1.60. The maximum atomic E-state index is 5.71. The molecule has 0 aromatic heterocycles. The van der Waals surface area contributed by atoms with Crippen LogP contribution in [0.25, 0.3) is 0 Å². The second-order valence-corrected chi connectivity index (χ2v) is 4.74. The Balaban J connectivity index is 2.80. The van der Waals surface area contributed by atoms with E-state index >= 15 is 0 Å². The highest BCUT2D eigenvalue weighted by Gasteiger charge is 2.12. The van der Waals surface area contributed by atoms with E-state index in [0.29, 0.717) is 6.61 Å². The highest BCUT2D eigenvalue weighted by atomic mass is 16.5. The van der Waals surface area contributed by atoms with Gasteiger partial charge in [-0.25, -0.2) is 0 Å². The Morgan fingerprint density at radius 1 is 1.29 bits per heavy atom. The zero-order valence-corrected chi connectivity index (χ0v) is 13.4. The molecule has 21 heavy (non-hydrogen) atoms. The van der Waals surface area contributed by atoms with Crippen molar-refractivity contribution in [2.75, 3.05) is 34.0 Å². The quantitative estimate of drug-likeness (QED) is 0.503. The number of hydrogen-bond acceptors (Lipinski definition) is 4. The first kappa shape index (κ1) is 17.5. The molecule has 0 aliphatic carbocycles. The molecule has 0 bridgehead atoms. The number of benzene rings is 1. The molecule has 0 aliphatic rings. The standard InChI is InChI=1S/C17H27NO3/c1-5-8-15-11-14(13-18-9-7-10-19-3)12-16(20-4)17(15)21-6-2/h5,11-12,18H,1,6-10,13H2,2-4H3. The summed E-state index contributed by atoms with van der Waals surface area (Å²) in [6, 6.07) is 4.18. The molecule has 0 radical (unpaired) electrons. The smallest absolute Gasteiger partial charge is 0.164 e. The lowest BCUT2D eigenvalue weighted by atomic mass is 10.1. The molecule has 0 aliphatic heterocycles. The van der Waals surface area contributed by atoms with Crippen molar-refractivity contribution in [1.82, 2.24) is 5.32 Å². The summed E-state index contributed by atoms with van der Waals surface area (Å²) in [4.78, 5) is 0. The minimum Gasteiger partial charge on any atom is -0.493 e. The van der Waals surface area contributed by atoms with Gasteiger partial charge in [0.15, 0.2) is 11.5 Å². The average Bonchev–Trinajstić information content (AvgIpc) is 2.49. The van der Waals surface area contributed by atoms with Crippen LogP contribution >= 0.6 is 0 Å². The van der Waals surface area contributed by atoms with Crippen molar-refractivity contribution < 1.29 is 14.2 Å². The van der Waals surface area contributed by atoms with Crippen LogP contribution in [-0.4, -0.2) is 34.0 Å². The number of allylic oxidation sites excluding steroid dienone is 1. The van der Waals surface area contributed by atoms with Crippen molar-refractivity contribution in [2.24, 2.45) is 0 Å². The third kappa shape index (κ3) is 5.78. The molecule has 4 heteroatoms. The van der Waals surface area contributed by atoms with Crippen molar-refractivity contribution >= 4 is 0 Å². The zero-order chi connectivity index (χ0) is 15.5. The molecule has 0 saturated heterocycles. The van der Waals surface area contributed by atoms with Gasteiger partial charge in [0.1, 0.15) is 0 Å². The topological polar surface area (TPSA) is 39.7 Å². The molecule has 0 fully saturated rings. The summed E-state index contributed by atoms with van der Waals surface area (Å²) >= 11 is 0. The van der Waals surface area contributed by atoms with Crippen molar-refractivity contribution in [3.05, 3.63) is 35.9 Å². The lowest BCUT2D eigenvalue weighted by Gasteiger charge is -2.16. The number of nitrogens with one attached hydrogen (secondary N) is 1. The predicted octanol–water partition coefficient (Wildman–Crippen LogP) is 2.95. The van der Waals surface area contributed by atoms with E-state index in [1.807, 2.05) is 19.1 Å². The number of rotatable bonds is 11. The van der Waals surface area contributed by atoms with Crippen LogP contribution < -0.4 is 14.8 Å². The molecule has 1 aromatic carbocycles. The molecule has 0 heterocycles. The van der Waals surface area contributed by atoms with Gasteiger partial charge in [-0.2, -0.15) is 0 Å². The predicted molar refractivity (Wildman–Crippen MR) is 86.3 cm³/mol. The van der Waals surface area contributed by atoms with Gasteiger partial charge < -0.3 is 19.5 Å². The van der Waals surface area contributed by atoms with E-state index in [1.54, 1.807) is 14.2 Å². The fourth-order valence-electron chi connectivity index (χ4n) is 2.17. The Labute approximate surface area is 128 Å². The summed E-state index contributed by atoms with van der Waals surface area (Å²) in [5, 5.41) is 3.41. The lowest BCUT2D eigenvalue weighted by Crippen LogP contribution is -2.16. The third-order valence-electron chi connectivity index (χ3n) is 3.10. The van der Waals surface area contributed by atoms with Crippen molar-refractivity contribution in [3.8, 4) is 11.5 Å². The van der Waals surface area contributed by atoms with E-state index in [4.69, 9.17) is 14.2 Å². The first-order valence-electron chi connectivity index (χ1n) is 7.39. The molecule has 0 saturated carbocycles. The van der Waals surface area contributed by atoms with E-state index in [1.165, 1.54) is 5.56 Å². The highest BCUT2D eigenvalue weighted by molar-refractivity contribution is 5.50. The van der Waals surface area contributed by atoms with E-state index in [0.717, 1.165) is 49.6 Å². The molecular weight excluding hydrogens is 266 g/mol. The van der Waals surface area contributed by atoms with E-state index < -0.39 is 0 Å². The van der Waals surface area contributed by atoms with Crippen LogP contribution in [0.15, 0.2) is 24.8 Å². The lowest BCUT2D eigenvalue weighted by molar-refractivity contribution is 0.194. The molecule has 4 nitrogen and oxygen atoms in total. The summed E-state index contributed by atoms with van der Waals surface area (Å²) in [7, 11) is 3.39. The van der Waals surface area contributed by atoms with Gasteiger partial charge in [0.05, 0.1) is 13.7 Å². The van der Waals surface area contributed by atoms with Crippen LogP contribution in [0, 0.1) is 0 Å². The van der Waals surface area contributed by atoms with Gasteiger partial charge in [-0.05, 0) is 37.9 Å². The Hall–Kier alpha value is -1.52. The maximum Gasteiger partial charge on any atom is 0.164 e. The second kappa shape index (κ2) is 10.2. The first-order valence-corrected chi connectivity index (χ1v) is 7.39. The Morgan fingerprint density at radius 2 is 2.10 bits per heavy atom. The van der Waals surface area contributed by atoms with Crippen LogP contribution in [0.2, 0.25) is 0 Å². The van der Waals surface area contributed by atoms with E-state index in [2.05, 4.69) is 18.0 Å². The molecule has 0 amide bonds. The normalized spacial score (nSPS) is 10.4. The van der Waals surface area contributed by atoms with Gasteiger partial charge in [-0.15, -0.1) is 6.58 Å². The average molecular weight is 293 g/mol. The van der Waals surface area contributed by atoms with Gasteiger partial charge in [0.25, 0.3) is 0 Å². The highest BCUT2D eigenvalue weighted by Crippen LogP contribution is 2.33. The SMILES string of the molecule is C=CCc1cc(CNCCCOC)cc(OC)c1OCC. The fraction of sp³-hybridized carbons (Fsp3) is 0.529. The van der Waals surface area contributed by atoms with Gasteiger partial charge >= 0.3 is 0 Å². The van der Waals surface area contributed by atoms with E-state index in [-0.39, 0.29) is 0 Å². The van der Waals surface area contributed by atoms with Gasteiger partial charge in [0.2, 0.25) is 0 Å².